The summed E-state index contributed by atoms with van der Waals surface area (Å²) in [6.45, 7) is 0. The van der Waals surface area contributed by atoms with Gasteiger partial charge in [0.25, 0.3) is 0 Å². The van der Waals surface area contributed by atoms with Crippen LogP contribution in [0, 0.1) is 0 Å². The van der Waals surface area contributed by atoms with E-state index in [9.17, 15) is 0 Å². The molecule has 0 unspecified atom stereocenters. The fraction of sp³-hybridized carbons (Fsp3) is 1.00. The molecule has 0 aliphatic heterocycles. The topological polar surface area (TPSA) is 3.24 Å². The summed E-state index contributed by atoms with van der Waals surface area (Å²) in [5.74, 6) is 0. The number of hydrogen-bond donors (Lipinski definition) is 0. The average molecular weight is 190 g/mol. The van der Waals surface area contributed by atoms with Crippen molar-refractivity contribution in [2.45, 2.75) is 0 Å². The summed E-state index contributed by atoms with van der Waals surface area (Å²) in [6.07, 6.45) is 0. The van der Waals surface area contributed by atoms with Crippen molar-refractivity contribution in [3.63, 3.8) is 0 Å². The van der Waals surface area contributed by atoms with Gasteiger partial charge in [-0.15, -0.1) is 0 Å². The Morgan fingerprint density at radius 2 is 1.50 bits per heavy atom. The van der Waals surface area contributed by atoms with Gasteiger partial charge in [-0.1, -0.05) is 0 Å². The Kier molecular flexibility index (Phi) is 3.72. The van der Waals surface area contributed by atoms with E-state index in [1.54, 1.807) is 0 Å². The number of halogens is 2. The van der Waals surface area contributed by atoms with E-state index < -0.39 is 13.0 Å². The van der Waals surface area contributed by atoms with Crippen molar-refractivity contribution >= 4 is 32.9 Å². The van der Waals surface area contributed by atoms with Crippen molar-refractivity contribution in [1.82, 2.24) is 3.82 Å². The zero-order valence-corrected chi connectivity index (χ0v) is 7.04. The third kappa shape index (κ3) is 3.29. The third-order valence-electron chi connectivity index (χ3n) is 0.302. The van der Waals surface area contributed by atoms with Crippen molar-refractivity contribution in [2.24, 2.45) is 0 Å². The fourth-order valence-corrected chi connectivity index (χ4v) is 0. The van der Waals surface area contributed by atoms with Gasteiger partial charge in [0, 0.05) is 0 Å². The molecule has 0 fully saturated rings. The molecule has 0 radical (unpaired) electrons. The van der Waals surface area contributed by atoms with Gasteiger partial charge < -0.3 is 0 Å². The van der Waals surface area contributed by atoms with Crippen LogP contribution in [-0.4, -0.2) is 30.9 Å². The molecule has 0 heterocycles. The molecule has 1 nitrogen and oxygen atoms in total. The molecule has 0 N–H and O–H groups in total. The summed E-state index contributed by atoms with van der Waals surface area (Å²) in [4.78, 5) is 0. The molecule has 0 aliphatic rings. The van der Waals surface area contributed by atoms with Crippen LogP contribution < -0.4 is 0 Å². The van der Waals surface area contributed by atoms with Crippen LogP contribution in [0.4, 0.5) is 0 Å². The first-order valence-electron chi connectivity index (χ1n) is 1.43. The van der Waals surface area contributed by atoms with Gasteiger partial charge in [-0.05, 0) is 0 Å². The van der Waals surface area contributed by atoms with E-state index in [0.717, 1.165) is 0 Å². The zero-order valence-electron chi connectivity index (χ0n) is 3.65. The molecule has 0 saturated heterocycles. The third-order valence-corrected chi connectivity index (χ3v) is 4.71. The van der Waals surface area contributed by atoms with Crippen LogP contribution in [0.1, 0.15) is 0 Å². The van der Waals surface area contributed by atoms with Crippen molar-refractivity contribution in [1.29, 1.82) is 0 Å². The van der Waals surface area contributed by atoms with E-state index in [1.807, 2.05) is 17.9 Å². The quantitative estimate of drug-likeness (QED) is 0.557. The molecule has 0 amide bonds. The van der Waals surface area contributed by atoms with Crippen LogP contribution in [0.15, 0.2) is 0 Å². The monoisotopic (exact) mass is 189 g/mol. The second-order valence-corrected chi connectivity index (χ2v) is 7.87. The van der Waals surface area contributed by atoms with Gasteiger partial charge in [0.15, 0.2) is 0 Å². The summed E-state index contributed by atoms with van der Waals surface area (Å²) < 4.78 is 1.84. The Labute approximate surface area is 51.0 Å². The number of nitrogens with zero attached hydrogens (tertiary/aromatic N) is 1. The molecule has 4 heteroatoms. The van der Waals surface area contributed by atoms with Crippen LogP contribution in [0.2, 0.25) is 0 Å². The normalized spacial score (nSPS) is 11.0. The molecular formula is C2H6AsCl2N. The first-order chi connectivity index (χ1) is 2.64. The molecule has 0 aliphatic carbocycles. The second-order valence-electron chi connectivity index (χ2n) is 1.06. The predicted octanol–water partition coefficient (Wildman–Crippen LogP) is 1.01. The fourth-order valence-electron chi connectivity index (χ4n) is 0. The zero-order chi connectivity index (χ0) is 5.15. The van der Waals surface area contributed by atoms with Crippen molar-refractivity contribution < 1.29 is 0 Å². The molecule has 0 bridgehead atoms. The minimum absolute atomic E-state index is 1.52. The summed E-state index contributed by atoms with van der Waals surface area (Å²) >= 11 is -1.52. The van der Waals surface area contributed by atoms with Crippen LogP contribution in [0.5, 0.6) is 0 Å². The first-order valence-corrected chi connectivity index (χ1v) is 7.20. The molecular weight excluding hydrogens is 184 g/mol. The Bertz CT molecular complexity index is 32.5. The van der Waals surface area contributed by atoms with E-state index in [4.69, 9.17) is 19.9 Å². The summed E-state index contributed by atoms with van der Waals surface area (Å²) in [6, 6.07) is 0. The van der Waals surface area contributed by atoms with Gasteiger partial charge in [0.05, 0.1) is 0 Å². The van der Waals surface area contributed by atoms with E-state index in [-0.39, 0.29) is 0 Å². The van der Waals surface area contributed by atoms with Crippen molar-refractivity contribution in [3.8, 4) is 0 Å². The molecule has 0 aromatic rings. The maximum atomic E-state index is 5.45. The maximum absolute atomic E-state index is 5.45. The van der Waals surface area contributed by atoms with E-state index >= 15 is 0 Å². The van der Waals surface area contributed by atoms with Gasteiger partial charge in [-0.3, -0.25) is 0 Å². The second kappa shape index (κ2) is 3.15. The Morgan fingerprint density at radius 1 is 1.33 bits per heavy atom. The number of rotatable bonds is 1. The van der Waals surface area contributed by atoms with Gasteiger partial charge in [0.2, 0.25) is 0 Å². The van der Waals surface area contributed by atoms with E-state index in [0.29, 0.717) is 0 Å². The van der Waals surface area contributed by atoms with Crippen LogP contribution in [0.25, 0.3) is 0 Å². The minimum atomic E-state index is -1.52. The van der Waals surface area contributed by atoms with Crippen LogP contribution >= 0.6 is 19.9 Å². The molecule has 0 aromatic heterocycles. The summed E-state index contributed by atoms with van der Waals surface area (Å²) in [7, 11) is 14.6. The van der Waals surface area contributed by atoms with Crippen molar-refractivity contribution in [2.75, 3.05) is 14.1 Å². The van der Waals surface area contributed by atoms with Gasteiger partial charge in [-0.2, -0.15) is 0 Å². The average Bonchev–Trinajstić information content (AvgIpc) is 1.36. The molecule has 0 aromatic carbocycles. The van der Waals surface area contributed by atoms with E-state index in [2.05, 4.69) is 0 Å². The first kappa shape index (κ1) is 7.10. The molecule has 0 rings (SSSR count). The predicted molar refractivity (Wildman–Crippen MR) is 31.1 cm³/mol. The van der Waals surface area contributed by atoms with Gasteiger partial charge in [0.1, 0.15) is 0 Å². The van der Waals surface area contributed by atoms with Crippen LogP contribution in [-0.2, 0) is 0 Å². The molecule has 0 spiro atoms. The van der Waals surface area contributed by atoms with Gasteiger partial charge in [-0.25, -0.2) is 0 Å². The number of hydrogen-bond acceptors (Lipinski definition) is 1. The SMILES string of the molecule is CN(C)[As](Cl)Cl. The van der Waals surface area contributed by atoms with Crippen LogP contribution in [0.3, 0.4) is 0 Å². The Balaban J connectivity index is 2.99. The Morgan fingerprint density at radius 3 is 1.50 bits per heavy atom. The molecule has 6 heavy (non-hydrogen) atoms. The molecule has 0 atom stereocenters. The Hall–Kier alpha value is 1.10. The summed E-state index contributed by atoms with van der Waals surface area (Å²) in [5.41, 5.74) is 0. The standard InChI is InChI=1S/C2H6AsCl2N/c1-6(2)3(4)5/h1-2H3. The van der Waals surface area contributed by atoms with E-state index in [1.165, 1.54) is 0 Å². The molecule has 0 saturated carbocycles. The summed E-state index contributed by atoms with van der Waals surface area (Å²) in [5, 5.41) is 0. The molecule has 38 valence electrons. The van der Waals surface area contributed by atoms with Crippen molar-refractivity contribution in [3.05, 3.63) is 0 Å². The van der Waals surface area contributed by atoms with Gasteiger partial charge >= 0.3 is 50.8 Å².